The molecule has 5 rings (SSSR count). The summed E-state index contributed by atoms with van der Waals surface area (Å²) in [5.74, 6) is -0.101. The van der Waals surface area contributed by atoms with E-state index in [9.17, 15) is 14.4 Å². The molecule has 258 valence electrons. The van der Waals surface area contributed by atoms with Crippen molar-refractivity contribution in [2.75, 3.05) is 5.32 Å². The van der Waals surface area contributed by atoms with Crippen LogP contribution >= 0.6 is 0 Å². The zero-order valence-electron chi connectivity index (χ0n) is 29.3. The molecule has 3 aromatic rings. The molecule has 1 fully saturated rings. The van der Waals surface area contributed by atoms with Gasteiger partial charge in [-0.3, -0.25) is 11.1 Å². The Morgan fingerprint density at radius 3 is 2.12 bits per heavy atom. The molecule has 2 aliphatic rings. The number of carbonyl (C=O) groups excluding carboxylic acids is 3. The summed E-state index contributed by atoms with van der Waals surface area (Å²) in [5.41, 5.74) is 9.06. The highest BCUT2D eigenvalue weighted by atomic mass is 16.6. The van der Waals surface area contributed by atoms with Crippen molar-refractivity contribution in [3.05, 3.63) is 90.0 Å². The maximum absolute atomic E-state index is 14.5. The zero-order chi connectivity index (χ0) is 35.4. The van der Waals surface area contributed by atoms with Crippen molar-refractivity contribution in [3.63, 3.8) is 0 Å². The van der Waals surface area contributed by atoms with Crippen LogP contribution in [0.15, 0.2) is 84.0 Å². The number of nitrogens with two attached hydrogens (primary N) is 1. The first-order chi connectivity index (χ1) is 23.1. The van der Waals surface area contributed by atoms with Crippen molar-refractivity contribution < 1.29 is 28.4 Å². The fourth-order valence-electron chi connectivity index (χ4n) is 6.17. The molecule has 1 heterocycles. The third-order valence-corrected chi connectivity index (χ3v) is 8.29. The predicted octanol–water partition coefficient (Wildman–Crippen LogP) is 8.14. The second kappa shape index (κ2) is 14.2. The molecule has 0 radical (unpaired) electrons. The first kappa shape index (κ1) is 35.3. The number of hydrogen-bond donors (Lipinski definition) is 3. The molecule has 1 aliphatic heterocycles. The minimum absolute atomic E-state index is 0.200. The van der Waals surface area contributed by atoms with Gasteiger partial charge < -0.3 is 9.47 Å². The molecule has 0 saturated heterocycles. The number of anilines is 1. The molecule has 4 N–H and O–H groups in total. The van der Waals surface area contributed by atoms with Crippen LogP contribution in [-0.4, -0.2) is 45.7 Å². The Morgan fingerprint density at radius 2 is 1.49 bits per heavy atom. The molecule has 0 bridgehead atoms. The standard InChI is InChI=1S/C38H46N6O5/c1-37(2,3)48-35(46)41-33(39)43(36(47)49-38(4,5)6)28-21-23-29(24-22-28)44(25-26-15-9-7-10-16-26)34(45)40-31-20-14-13-19-30(31)32(42-44)27-17-11-8-12-18-27/h7,9-10,13-16,19-24,27H,8,11-12,17-18,25H2,1-6H3,(H2-,39,40,41,42,45,46)/p+2. The summed E-state index contributed by atoms with van der Waals surface area (Å²) in [6.45, 7) is 10.6. The van der Waals surface area contributed by atoms with Gasteiger partial charge >= 0.3 is 24.2 Å². The van der Waals surface area contributed by atoms with Gasteiger partial charge in [0.05, 0.1) is 5.69 Å². The number of rotatable bonds is 5. The molecule has 1 unspecified atom stereocenters. The monoisotopic (exact) mass is 668 g/mol. The van der Waals surface area contributed by atoms with Crippen molar-refractivity contribution >= 4 is 47.0 Å². The van der Waals surface area contributed by atoms with Crippen LogP contribution in [0, 0.1) is 5.92 Å². The average molecular weight is 669 g/mol. The SMILES string of the molecule is CC(C)(C)OC(=O)NC(N)=[N+](C(=O)OC(C)(C)C)c1ccc([N+]2(Cc3ccccc3)N=C(C3CCCCC3)c3ccccc3NC2=O)cc1. The van der Waals surface area contributed by atoms with Crippen molar-refractivity contribution in [1.29, 1.82) is 0 Å². The van der Waals surface area contributed by atoms with Crippen molar-refractivity contribution in [2.24, 2.45) is 16.8 Å². The van der Waals surface area contributed by atoms with Crippen LogP contribution in [0.5, 0.6) is 0 Å². The maximum atomic E-state index is 14.5. The van der Waals surface area contributed by atoms with Gasteiger partial charge in [-0.05, 0) is 72.6 Å². The number of nitrogens with zero attached hydrogens (tertiary/aromatic N) is 3. The predicted molar refractivity (Wildman–Crippen MR) is 192 cm³/mol. The summed E-state index contributed by atoms with van der Waals surface area (Å²) in [7, 11) is 0. The Kier molecular flexibility index (Phi) is 10.2. The molecule has 11 heteroatoms. The Balaban J connectivity index is 1.65. The van der Waals surface area contributed by atoms with Gasteiger partial charge in [-0.25, -0.2) is 14.4 Å². The smallest absolute Gasteiger partial charge is 0.432 e. The van der Waals surface area contributed by atoms with E-state index in [4.69, 9.17) is 20.3 Å². The summed E-state index contributed by atoms with van der Waals surface area (Å²) in [6, 6.07) is 24.2. The van der Waals surface area contributed by atoms with Crippen molar-refractivity contribution in [1.82, 2.24) is 9.91 Å². The number of carbonyl (C=O) groups is 3. The quantitative estimate of drug-likeness (QED) is 0.109. The van der Waals surface area contributed by atoms with Crippen LogP contribution in [0.2, 0.25) is 0 Å². The number of fused-ring (bicyclic) bond motifs is 1. The number of ether oxygens (including phenoxy) is 2. The van der Waals surface area contributed by atoms with Gasteiger partial charge in [-0.15, -0.1) is 4.58 Å². The minimum Gasteiger partial charge on any atom is -0.432 e. The second-order valence-corrected chi connectivity index (χ2v) is 14.6. The van der Waals surface area contributed by atoms with E-state index in [0.29, 0.717) is 11.4 Å². The number of hydrogen-bond acceptors (Lipinski definition) is 6. The number of para-hydroxylation sites is 1. The van der Waals surface area contributed by atoms with E-state index >= 15 is 0 Å². The minimum atomic E-state index is -0.851. The average Bonchev–Trinajstić information content (AvgIpc) is 3.15. The third-order valence-electron chi connectivity index (χ3n) is 8.29. The molecule has 3 aromatic carbocycles. The lowest BCUT2D eigenvalue weighted by atomic mass is 9.83. The van der Waals surface area contributed by atoms with E-state index in [2.05, 4.69) is 10.6 Å². The molecule has 1 aliphatic carbocycles. The Hall–Kier alpha value is -5.03. The number of benzene rings is 3. The van der Waals surface area contributed by atoms with E-state index in [0.717, 1.165) is 52.8 Å². The molecule has 49 heavy (non-hydrogen) atoms. The largest absolute Gasteiger partial charge is 0.484 e. The fourth-order valence-corrected chi connectivity index (χ4v) is 6.17. The van der Waals surface area contributed by atoms with Crippen LogP contribution in [0.1, 0.15) is 84.8 Å². The van der Waals surface area contributed by atoms with E-state index in [1.807, 2.05) is 54.6 Å². The first-order valence-corrected chi connectivity index (χ1v) is 16.8. The normalized spacial score (nSPS) is 19.0. The zero-order valence-corrected chi connectivity index (χ0v) is 29.3. The summed E-state index contributed by atoms with van der Waals surface area (Å²) in [6.07, 6.45) is 3.76. The lowest BCUT2D eigenvalue weighted by Gasteiger charge is -2.30. The molecule has 11 nitrogen and oxygen atoms in total. The number of amides is 4. The number of nitrogens with one attached hydrogen (secondary N) is 2. The van der Waals surface area contributed by atoms with Gasteiger partial charge in [-0.2, -0.15) is 5.32 Å². The molecule has 0 aromatic heterocycles. The summed E-state index contributed by atoms with van der Waals surface area (Å²) >= 11 is 0. The molecule has 1 saturated carbocycles. The van der Waals surface area contributed by atoms with Gasteiger partial charge in [0.2, 0.25) is 0 Å². The van der Waals surface area contributed by atoms with Gasteiger partial charge in [-0.1, -0.05) is 77.5 Å². The number of urea groups is 1. The molecular formula is C38H48N6O5+2. The van der Waals surface area contributed by atoms with Crippen molar-refractivity contribution in [3.8, 4) is 0 Å². The lowest BCUT2D eigenvalue weighted by Crippen LogP contribution is -2.51. The molecule has 4 amide bonds. The third kappa shape index (κ3) is 8.53. The highest BCUT2D eigenvalue weighted by Crippen LogP contribution is 2.38. The number of quaternary nitrogens is 1. The Labute approximate surface area is 288 Å². The van der Waals surface area contributed by atoms with E-state index < -0.39 is 23.4 Å². The number of guanidine groups is 1. The van der Waals surface area contributed by atoms with Crippen molar-refractivity contribution in [2.45, 2.75) is 91.4 Å². The molecule has 0 spiro atoms. The van der Waals surface area contributed by atoms with Crippen LogP contribution in [0.25, 0.3) is 0 Å². The topological polar surface area (TPSA) is 135 Å². The van der Waals surface area contributed by atoms with Gasteiger partial charge in [0.1, 0.15) is 29.1 Å². The highest BCUT2D eigenvalue weighted by molar-refractivity contribution is 6.13. The van der Waals surface area contributed by atoms with Crippen LogP contribution in [-0.2, 0) is 16.0 Å². The first-order valence-electron chi connectivity index (χ1n) is 16.8. The van der Waals surface area contributed by atoms with Gasteiger partial charge in [0, 0.05) is 29.2 Å². The summed E-state index contributed by atoms with van der Waals surface area (Å²) in [4.78, 5) is 40.7. The van der Waals surface area contributed by atoms with Gasteiger partial charge in [0.25, 0.3) is 0 Å². The van der Waals surface area contributed by atoms with E-state index in [-0.39, 0.29) is 29.0 Å². The van der Waals surface area contributed by atoms with Gasteiger partial charge in [0.15, 0.2) is 5.69 Å². The van der Waals surface area contributed by atoms with E-state index in [1.165, 1.54) is 6.42 Å². The second-order valence-electron chi connectivity index (χ2n) is 14.6. The number of alkyl carbamates (subject to hydrolysis) is 1. The summed E-state index contributed by atoms with van der Waals surface area (Å²) < 4.78 is 11.7. The lowest BCUT2D eigenvalue weighted by molar-refractivity contribution is -0.367. The van der Waals surface area contributed by atoms with Crippen LogP contribution < -0.4 is 21.0 Å². The Morgan fingerprint density at radius 1 is 0.878 bits per heavy atom. The maximum Gasteiger partial charge on any atom is 0.484 e. The van der Waals surface area contributed by atoms with Crippen LogP contribution in [0.3, 0.4) is 0 Å². The fraction of sp³-hybridized carbons (Fsp3) is 0.395. The Bertz CT molecular complexity index is 1750. The molecular weight excluding hydrogens is 620 g/mol. The van der Waals surface area contributed by atoms with Crippen LogP contribution in [0.4, 0.5) is 31.4 Å². The molecule has 1 atom stereocenters. The highest BCUT2D eigenvalue weighted by Gasteiger charge is 2.45. The van der Waals surface area contributed by atoms with E-state index in [1.54, 1.807) is 65.8 Å². The summed E-state index contributed by atoms with van der Waals surface area (Å²) in [5, 5.41) is 11.1.